The van der Waals surface area contributed by atoms with Crippen LogP contribution < -0.4 is 29.1 Å². The van der Waals surface area contributed by atoms with Crippen LogP contribution in [0.15, 0.2) is 63.5 Å². The molecular weight excluding hydrogens is 456 g/mol. The predicted molar refractivity (Wildman–Crippen MR) is 128 cm³/mol. The Morgan fingerprint density at radius 2 is 1.68 bits per heavy atom. The van der Waals surface area contributed by atoms with Crippen molar-refractivity contribution < 1.29 is 23.7 Å². The first-order valence-corrected chi connectivity index (χ1v) is 11.2. The van der Waals surface area contributed by atoms with Crippen molar-refractivity contribution in [3.8, 4) is 17.2 Å². The van der Waals surface area contributed by atoms with Crippen LogP contribution in [0.25, 0.3) is 6.08 Å². The van der Waals surface area contributed by atoms with Crippen molar-refractivity contribution in [2.75, 3.05) is 28.4 Å². The van der Waals surface area contributed by atoms with Crippen molar-refractivity contribution in [2.45, 2.75) is 13.0 Å². The standard InChI is InChI=1S/C25H24N2O6S/c1-14-20(24(29)33-5)21(16-9-7-6-8-10-16)27-23(28)19(34-25(27)26-14)13-15-11-17(30-2)22(32-4)18(12-15)31-3/h6-13,21H,1-5H3/b19-13+/t21-/m0/s1. The molecule has 1 aromatic heterocycles. The number of hydrogen-bond acceptors (Lipinski definition) is 8. The first-order chi connectivity index (χ1) is 16.4. The summed E-state index contributed by atoms with van der Waals surface area (Å²) in [5.41, 5.74) is 2.07. The summed E-state index contributed by atoms with van der Waals surface area (Å²) in [5, 5.41) is 0. The summed E-state index contributed by atoms with van der Waals surface area (Å²) >= 11 is 1.25. The minimum absolute atomic E-state index is 0.264. The van der Waals surface area contributed by atoms with Gasteiger partial charge in [-0.3, -0.25) is 9.36 Å². The fourth-order valence-corrected chi connectivity index (χ4v) is 5.03. The number of rotatable bonds is 6. The highest BCUT2D eigenvalue weighted by Gasteiger charge is 2.32. The van der Waals surface area contributed by atoms with Crippen LogP contribution in [0.1, 0.15) is 24.1 Å². The van der Waals surface area contributed by atoms with Crippen molar-refractivity contribution in [3.63, 3.8) is 0 Å². The molecule has 176 valence electrons. The molecule has 2 heterocycles. The Hall–Kier alpha value is -3.85. The molecule has 8 nitrogen and oxygen atoms in total. The lowest BCUT2D eigenvalue weighted by Gasteiger charge is -2.24. The number of aromatic nitrogens is 1. The second-order valence-electron chi connectivity index (χ2n) is 7.44. The molecule has 34 heavy (non-hydrogen) atoms. The van der Waals surface area contributed by atoms with Crippen LogP contribution >= 0.6 is 11.3 Å². The van der Waals surface area contributed by atoms with Crippen LogP contribution in [0.2, 0.25) is 0 Å². The molecule has 0 spiro atoms. The molecule has 0 saturated carbocycles. The molecular formula is C25H24N2O6S. The van der Waals surface area contributed by atoms with Gasteiger partial charge in [-0.2, -0.15) is 0 Å². The fourth-order valence-electron chi connectivity index (χ4n) is 3.98. The Bertz CT molecular complexity index is 1430. The number of carbonyl (C=O) groups excluding carboxylic acids is 1. The van der Waals surface area contributed by atoms with Gasteiger partial charge in [0.15, 0.2) is 16.3 Å². The number of carbonyl (C=O) groups is 1. The zero-order valence-electron chi connectivity index (χ0n) is 19.4. The summed E-state index contributed by atoms with van der Waals surface area (Å²) in [6, 6.07) is 12.2. The molecule has 1 atom stereocenters. The van der Waals surface area contributed by atoms with E-state index in [1.54, 1.807) is 29.7 Å². The molecule has 1 aliphatic rings. The number of fused-ring (bicyclic) bond motifs is 1. The number of hydrogen-bond donors (Lipinski definition) is 0. The molecule has 0 aliphatic carbocycles. The molecule has 0 amide bonds. The lowest BCUT2D eigenvalue weighted by atomic mass is 9.96. The highest BCUT2D eigenvalue weighted by molar-refractivity contribution is 7.07. The van der Waals surface area contributed by atoms with Crippen molar-refractivity contribution in [1.29, 1.82) is 0 Å². The van der Waals surface area contributed by atoms with E-state index in [2.05, 4.69) is 4.99 Å². The molecule has 3 aromatic rings. The third kappa shape index (κ3) is 3.99. The number of methoxy groups -OCH3 is 4. The fraction of sp³-hybridized carbons (Fsp3) is 0.240. The largest absolute Gasteiger partial charge is 0.493 e. The van der Waals surface area contributed by atoms with Gasteiger partial charge >= 0.3 is 5.97 Å². The number of ether oxygens (including phenoxy) is 4. The minimum atomic E-state index is -0.646. The monoisotopic (exact) mass is 480 g/mol. The molecule has 9 heteroatoms. The highest BCUT2D eigenvalue weighted by atomic mass is 32.1. The second-order valence-corrected chi connectivity index (χ2v) is 8.45. The van der Waals surface area contributed by atoms with Crippen LogP contribution in [-0.4, -0.2) is 39.0 Å². The van der Waals surface area contributed by atoms with Crippen molar-refractivity contribution >= 4 is 23.4 Å². The van der Waals surface area contributed by atoms with E-state index in [1.165, 1.54) is 39.8 Å². The number of benzene rings is 2. The van der Waals surface area contributed by atoms with Crippen molar-refractivity contribution in [2.24, 2.45) is 4.99 Å². The SMILES string of the molecule is COC(=O)C1=C(C)N=c2s/c(=C/c3cc(OC)c(OC)c(OC)c3)c(=O)n2[C@H]1c1ccccc1. The van der Waals surface area contributed by atoms with Crippen LogP contribution in [0.4, 0.5) is 0 Å². The number of esters is 1. The van der Waals surface area contributed by atoms with E-state index in [9.17, 15) is 9.59 Å². The molecule has 0 saturated heterocycles. The van der Waals surface area contributed by atoms with E-state index in [0.717, 1.165) is 5.56 Å². The summed E-state index contributed by atoms with van der Waals surface area (Å²) in [4.78, 5) is 31.4. The van der Waals surface area contributed by atoms with Gasteiger partial charge in [0.1, 0.15) is 0 Å². The molecule has 1 aliphatic heterocycles. The van der Waals surface area contributed by atoms with Crippen LogP contribution in [0, 0.1) is 0 Å². The summed E-state index contributed by atoms with van der Waals surface area (Å²) in [6.45, 7) is 1.75. The van der Waals surface area contributed by atoms with E-state index < -0.39 is 12.0 Å². The molecule has 0 N–H and O–H groups in total. The van der Waals surface area contributed by atoms with E-state index in [1.807, 2.05) is 30.3 Å². The zero-order chi connectivity index (χ0) is 24.4. The van der Waals surface area contributed by atoms with Gasteiger partial charge < -0.3 is 18.9 Å². The quantitative estimate of drug-likeness (QED) is 0.504. The summed E-state index contributed by atoms with van der Waals surface area (Å²) in [5.74, 6) is 0.902. The van der Waals surface area contributed by atoms with Gasteiger partial charge in [-0.25, -0.2) is 9.79 Å². The molecule has 2 aromatic carbocycles. The predicted octanol–water partition coefficient (Wildman–Crippen LogP) is 2.43. The van der Waals surface area contributed by atoms with Gasteiger partial charge in [-0.1, -0.05) is 41.7 Å². The summed E-state index contributed by atoms with van der Waals surface area (Å²) < 4.78 is 23.3. The topological polar surface area (TPSA) is 88.4 Å². The third-order valence-electron chi connectivity index (χ3n) is 5.53. The lowest BCUT2D eigenvalue weighted by Crippen LogP contribution is -2.39. The average molecular weight is 481 g/mol. The molecule has 0 fully saturated rings. The minimum Gasteiger partial charge on any atom is -0.493 e. The third-order valence-corrected chi connectivity index (χ3v) is 6.51. The van der Waals surface area contributed by atoms with Gasteiger partial charge in [0.05, 0.1) is 50.3 Å². The van der Waals surface area contributed by atoms with Gasteiger partial charge in [0, 0.05) is 0 Å². The van der Waals surface area contributed by atoms with Gasteiger partial charge in [0.25, 0.3) is 5.56 Å². The average Bonchev–Trinajstić information content (AvgIpc) is 3.16. The van der Waals surface area contributed by atoms with E-state index in [4.69, 9.17) is 18.9 Å². The van der Waals surface area contributed by atoms with Gasteiger partial charge in [-0.05, 0) is 36.3 Å². The lowest BCUT2D eigenvalue weighted by molar-refractivity contribution is -0.136. The van der Waals surface area contributed by atoms with E-state index in [0.29, 0.717) is 43.4 Å². The Morgan fingerprint density at radius 3 is 2.24 bits per heavy atom. The van der Waals surface area contributed by atoms with Crippen molar-refractivity contribution in [1.82, 2.24) is 4.57 Å². The Morgan fingerprint density at radius 1 is 1.03 bits per heavy atom. The Kier molecular flexibility index (Phi) is 6.56. The van der Waals surface area contributed by atoms with Crippen LogP contribution in [0.5, 0.6) is 17.2 Å². The van der Waals surface area contributed by atoms with E-state index >= 15 is 0 Å². The van der Waals surface area contributed by atoms with Crippen LogP contribution in [-0.2, 0) is 9.53 Å². The Labute approximate surface area is 200 Å². The maximum Gasteiger partial charge on any atom is 0.338 e. The molecule has 4 rings (SSSR count). The van der Waals surface area contributed by atoms with Crippen LogP contribution in [0.3, 0.4) is 0 Å². The van der Waals surface area contributed by atoms with Gasteiger partial charge in [-0.15, -0.1) is 0 Å². The maximum absolute atomic E-state index is 13.6. The highest BCUT2D eigenvalue weighted by Crippen LogP contribution is 2.38. The molecule has 0 radical (unpaired) electrons. The first-order valence-electron chi connectivity index (χ1n) is 10.4. The molecule has 0 unspecified atom stereocenters. The van der Waals surface area contributed by atoms with Crippen molar-refractivity contribution in [3.05, 3.63) is 84.5 Å². The summed E-state index contributed by atoms with van der Waals surface area (Å²) in [6.07, 6.45) is 1.74. The Balaban J connectivity index is 1.95. The number of thiazole rings is 1. The molecule has 0 bridgehead atoms. The first kappa shape index (κ1) is 23.3. The second kappa shape index (κ2) is 9.56. The normalized spacial score (nSPS) is 15.4. The zero-order valence-corrected chi connectivity index (χ0v) is 20.3. The van der Waals surface area contributed by atoms with Gasteiger partial charge in [0.2, 0.25) is 5.75 Å². The number of nitrogens with zero attached hydrogens (tertiary/aromatic N) is 2. The smallest absolute Gasteiger partial charge is 0.338 e. The maximum atomic E-state index is 13.6. The summed E-state index contributed by atoms with van der Waals surface area (Å²) in [7, 11) is 5.92. The number of allylic oxidation sites excluding steroid dienone is 1. The van der Waals surface area contributed by atoms with E-state index in [-0.39, 0.29) is 5.56 Å².